The van der Waals surface area contributed by atoms with E-state index in [-0.39, 0.29) is 28.0 Å². The lowest BCUT2D eigenvalue weighted by atomic mass is 9.98. The van der Waals surface area contributed by atoms with Crippen LogP contribution in [0, 0.1) is 18.6 Å². The summed E-state index contributed by atoms with van der Waals surface area (Å²) >= 11 is 0. The summed E-state index contributed by atoms with van der Waals surface area (Å²) in [6.45, 7) is 11.8. The van der Waals surface area contributed by atoms with Gasteiger partial charge in [-0.3, -0.25) is 0 Å². The second kappa shape index (κ2) is 9.61. The second-order valence-electron chi connectivity index (χ2n) is 7.66. The predicted molar refractivity (Wildman–Crippen MR) is 123 cm³/mol. The average molecular weight is 448 g/mol. The number of benzene rings is 3. The van der Waals surface area contributed by atoms with E-state index in [1.54, 1.807) is 38.1 Å². The molecule has 0 spiro atoms. The summed E-state index contributed by atoms with van der Waals surface area (Å²) in [6, 6.07) is 13.3. The number of rotatable bonds is 6. The van der Waals surface area contributed by atoms with Gasteiger partial charge in [0.2, 0.25) is 0 Å². The lowest BCUT2D eigenvalue weighted by Gasteiger charge is -2.11. The first-order valence-corrected chi connectivity index (χ1v) is 10.0. The number of aryl methyl sites for hydroxylation is 1. The van der Waals surface area contributed by atoms with Crippen LogP contribution in [0.15, 0.2) is 78.9 Å². The minimum atomic E-state index is -0.729. The van der Waals surface area contributed by atoms with E-state index in [9.17, 15) is 18.4 Å². The molecule has 0 aliphatic rings. The van der Waals surface area contributed by atoms with E-state index < -0.39 is 23.6 Å². The fourth-order valence-electron chi connectivity index (χ4n) is 3.02. The maximum atomic E-state index is 14.9. The van der Waals surface area contributed by atoms with Gasteiger partial charge in [0.05, 0.1) is 0 Å². The third-order valence-corrected chi connectivity index (χ3v) is 4.82. The molecule has 0 bridgehead atoms. The lowest BCUT2D eigenvalue weighted by Crippen LogP contribution is -2.09. The highest BCUT2D eigenvalue weighted by atomic mass is 19.1. The third kappa shape index (κ3) is 5.41. The maximum absolute atomic E-state index is 14.9. The van der Waals surface area contributed by atoms with Crippen molar-refractivity contribution in [3.05, 3.63) is 96.1 Å². The van der Waals surface area contributed by atoms with Gasteiger partial charge in [0.1, 0.15) is 23.1 Å². The zero-order chi connectivity index (χ0) is 24.3. The van der Waals surface area contributed by atoms with Gasteiger partial charge in [0.15, 0.2) is 0 Å². The Morgan fingerprint density at radius 2 is 1.24 bits per heavy atom. The summed E-state index contributed by atoms with van der Waals surface area (Å²) in [5.74, 6) is -2.15. The van der Waals surface area contributed by atoms with Crippen molar-refractivity contribution in [3.8, 4) is 33.8 Å². The van der Waals surface area contributed by atoms with Crippen LogP contribution in [0.3, 0.4) is 0 Å². The molecule has 6 heteroatoms. The zero-order valence-electron chi connectivity index (χ0n) is 18.5. The van der Waals surface area contributed by atoms with Crippen LogP contribution >= 0.6 is 0 Å². The molecule has 0 amide bonds. The van der Waals surface area contributed by atoms with E-state index in [1.807, 2.05) is 0 Å². The SMILES string of the molecule is C=C(C)C(=O)Oc1ccc(-c2ccc(-c3ccc(OC(=O)C(=C)C)c(C)c3)cc2F)c(F)c1. The summed E-state index contributed by atoms with van der Waals surface area (Å²) in [7, 11) is 0. The van der Waals surface area contributed by atoms with Gasteiger partial charge in [-0.1, -0.05) is 31.4 Å². The van der Waals surface area contributed by atoms with Gasteiger partial charge in [0, 0.05) is 28.3 Å². The second-order valence-corrected chi connectivity index (χ2v) is 7.66. The van der Waals surface area contributed by atoms with Crippen molar-refractivity contribution < 1.29 is 27.8 Å². The average Bonchev–Trinajstić information content (AvgIpc) is 2.75. The van der Waals surface area contributed by atoms with E-state index in [2.05, 4.69) is 13.2 Å². The topological polar surface area (TPSA) is 52.6 Å². The number of carbonyl (C=O) groups is 2. The molecule has 0 heterocycles. The minimum absolute atomic E-state index is 0.00388. The molecule has 0 unspecified atom stereocenters. The molecular weight excluding hydrogens is 426 g/mol. The van der Waals surface area contributed by atoms with Gasteiger partial charge < -0.3 is 9.47 Å². The van der Waals surface area contributed by atoms with Crippen LogP contribution in [0.2, 0.25) is 0 Å². The predicted octanol–water partition coefficient (Wildman–Crippen LogP) is 6.57. The maximum Gasteiger partial charge on any atom is 0.338 e. The standard InChI is InChI=1S/C27H22F2O4/c1-15(2)26(30)32-20-8-10-22(24(29)14-20)21-9-6-19(13-23(21)28)18-7-11-25(17(5)12-18)33-27(31)16(3)4/h6-14H,1,3H2,2,4-5H3. The first-order chi connectivity index (χ1) is 15.6. The Kier molecular flexibility index (Phi) is 6.87. The van der Waals surface area contributed by atoms with Gasteiger partial charge in [0.25, 0.3) is 0 Å². The molecule has 3 aromatic rings. The van der Waals surface area contributed by atoms with Crippen molar-refractivity contribution >= 4 is 11.9 Å². The van der Waals surface area contributed by atoms with Crippen LogP contribution in [0.25, 0.3) is 22.3 Å². The Labute approximate surface area is 190 Å². The molecule has 0 radical (unpaired) electrons. The van der Waals surface area contributed by atoms with Gasteiger partial charge >= 0.3 is 11.9 Å². The Morgan fingerprint density at radius 1 is 0.727 bits per heavy atom. The first-order valence-electron chi connectivity index (χ1n) is 10.0. The minimum Gasteiger partial charge on any atom is -0.423 e. The zero-order valence-corrected chi connectivity index (χ0v) is 18.5. The Morgan fingerprint density at radius 3 is 1.79 bits per heavy atom. The van der Waals surface area contributed by atoms with Gasteiger partial charge in [-0.15, -0.1) is 0 Å². The highest BCUT2D eigenvalue weighted by Gasteiger charge is 2.15. The molecule has 33 heavy (non-hydrogen) atoms. The fraction of sp³-hybridized carbons (Fsp3) is 0.111. The molecule has 3 rings (SSSR count). The van der Waals surface area contributed by atoms with Crippen molar-refractivity contribution in [2.45, 2.75) is 20.8 Å². The van der Waals surface area contributed by atoms with Crippen molar-refractivity contribution in [1.82, 2.24) is 0 Å². The summed E-state index contributed by atoms with van der Waals surface area (Å²) in [5.41, 5.74) is 2.53. The van der Waals surface area contributed by atoms with E-state index in [4.69, 9.17) is 9.47 Å². The molecule has 0 fully saturated rings. The lowest BCUT2D eigenvalue weighted by molar-refractivity contribution is -0.131. The Bertz CT molecular complexity index is 1290. The van der Waals surface area contributed by atoms with Crippen molar-refractivity contribution in [3.63, 3.8) is 0 Å². The van der Waals surface area contributed by atoms with Crippen LogP contribution in [-0.2, 0) is 9.59 Å². The molecule has 0 saturated carbocycles. The first kappa shape index (κ1) is 23.6. The summed E-state index contributed by atoms with van der Waals surface area (Å²) < 4.78 is 39.8. The third-order valence-electron chi connectivity index (χ3n) is 4.82. The summed E-state index contributed by atoms with van der Waals surface area (Å²) in [4.78, 5) is 23.3. The number of halogens is 2. The monoisotopic (exact) mass is 448 g/mol. The molecule has 0 N–H and O–H groups in total. The Hall–Kier alpha value is -4.06. The number of hydrogen-bond acceptors (Lipinski definition) is 4. The molecule has 0 saturated heterocycles. The molecule has 0 aromatic heterocycles. The molecule has 3 aromatic carbocycles. The number of esters is 2. The fourth-order valence-corrected chi connectivity index (χ4v) is 3.02. The van der Waals surface area contributed by atoms with E-state index >= 15 is 0 Å². The van der Waals surface area contributed by atoms with E-state index in [1.165, 1.54) is 31.2 Å². The molecule has 4 nitrogen and oxygen atoms in total. The number of hydrogen-bond donors (Lipinski definition) is 0. The van der Waals surface area contributed by atoms with Crippen LogP contribution in [0.5, 0.6) is 11.5 Å². The van der Waals surface area contributed by atoms with E-state index in [0.29, 0.717) is 22.4 Å². The van der Waals surface area contributed by atoms with Crippen LogP contribution in [-0.4, -0.2) is 11.9 Å². The number of carbonyl (C=O) groups excluding carboxylic acids is 2. The molecule has 0 aliphatic carbocycles. The summed E-state index contributed by atoms with van der Waals surface area (Å²) in [5, 5.41) is 0. The molecule has 0 aliphatic heterocycles. The van der Waals surface area contributed by atoms with E-state index in [0.717, 1.165) is 6.07 Å². The quantitative estimate of drug-likeness (QED) is 0.243. The van der Waals surface area contributed by atoms with Crippen LogP contribution in [0.1, 0.15) is 19.4 Å². The largest absolute Gasteiger partial charge is 0.423 e. The van der Waals surface area contributed by atoms with Gasteiger partial charge in [-0.25, -0.2) is 18.4 Å². The highest BCUT2D eigenvalue weighted by molar-refractivity contribution is 5.89. The smallest absolute Gasteiger partial charge is 0.338 e. The normalized spacial score (nSPS) is 10.5. The van der Waals surface area contributed by atoms with Crippen LogP contribution in [0.4, 0.5) is 8.78 Å². The van der Waals surface area contributed by atoms with Gasteiger partial charge in [-0.05, 0) is 67.8 Å². The Balaban J connectivity index is 1.87. The summed E-state index contributed by atoms with van der Waals surface area (Å²) in [6.07, 6.45) is 0. The van der Waals surface area contributed by atoms with Crippen LogP contribution < -0.4 is 9.47 Å². The van der Waals surface area contributed by atoms with Crippen molar-refractivity contribution in [1.29, 1.82) is 0 Å². The number of ether oxygens (including phenoxy) is 2. The van der Waals surface area contributed by atoms with Crippen molar-refractivity contribution in [2.24, 2.45) is 0 Å². The highest BCUT2D eigenvalue weighted by Crippen LogP contribution is 2.33. The van der Waals surface area contributed by atoms with Gasteiger partial charge in [-0.2, -0.15) is 0 Å². The van der Waals surface area contributed by atoms with Crippen molar-refractivity contribution in [2.75, 3.05) is 0 Å². The molecular formula is C27H22F2O4. The molecule has 168 valence electrons. The molecule has 0 atom stereocenters.